The highest BCUT2D eigenvalue weighted by atomic mass is 35.5. The van der Waals surface area contributed by atoms with Gasteiger partial charge < -0.3 is 14.2 Å². The first kappa shape index (κ1) is 26.9. The largest absolute Gasteiger partial charge is 0.573 e. The molecule has 0 unspecified atom stereocenters. The lowest BCUT2D eigenvalue weighted by Gasteiger charge is -2.31. The summed E-state index contributed by atoms with van der Waals surface area (Å²) >= 11 is 6.19. The molecule has 0 radical (unpaired) electrons. The summed E-state index contributed by atoms with van der Waals surface area (Å²) in [6, 6.07) is 3.88. The first-order valence-corrected chi connectivity index (χ1v) is 11.2. The highest BCUT2D eigenvalue weighted by Gasteiger charge is 2.40. The number of cyclic esters (lactones) is 1. The molecule has 1 aliphatic rings. The van der Waals surface area contributed by atoms with Crippen molar-refractivity contribution in [1.29, 1.82) is 0 Å². The summed E-state index contributed by atoms with van der Waals surface area (Å²) in [4.78, 5) is 22.5. The molecule has 0 aliphatic carbocycles. The van der Waals surface area contributed by atoms with Crippen LogP contribution in [0.2, 0.25) is 5.15 Å². The summed E-state index contributed by atoms with van der Waals surface area (Å²) in [7, 11) is 0. The molecule has 2 aromatic rings. The molecule has 0 bridgehead atoms. The summed E-state index contributed by atoms with van der Waals surface area (Å²) in [6.07, 6.45) is -5.82. The van der Waals surface area contributed by atoms with E-state index in [4.69, 9.17) is 21.1 Å². The van der Waals surface area contributed by atoms with Gasteiger partial charge in [0.2, 0.25) is 0 Å². The number of nitrogens with zero attached hydrogens (tertiary/aromatic N) is 3. The van der Waals surface area contributed by atoms with E-state index in [0.717, 1.165) is 6.07 Å². The fraction of sp³-hybridized carbons (Fsp3) is 0.522. The van der Waals surface area contributed by atoms with Crippen LogP contribution < -0.4 is 9.64 Å². The summed E-state index contributed by atoms with van der Waals surface area (Å²) in [5.74, 6) is -1.61. The van der Waals surface area contributed by atoms with E-state index in [1.165, 1.54) is 17.0 Å². The van der Waals surface area contributed by atoms with E-state index in [0.29, 0.717) is 6.07 Å². The van der Waals surface area contributed by atoms with Crippen molar-refractivity contribution >= 4 is 23.5 Å². The van der Waals surface area contributed by atoms with Crippen LogP contribution in [0.3, 0.4) is 0 Å². The lowest BCUT2D eigenvalue weighted by Crippen LogP contribution is -2.45. The van der Waals surface area contributed by atoms with Gasteiger partial charge in [-0.1, -0.05) is 24.6 Å². The number of halogens is 5. The Morgan fingerprint density at radius 3 is 2.49 bits per heavy atom. The van der Waals surface area contributed by atoms with Crippen LogP contribution in [0, 0.1) is 5.82 Å². The van der Waals surface area contributed by atoms with Crippen molar-refractivity contribution in [2.75, 3.05) is 11.5 Å². The van der Waals surface area contributed by atoms with E-state index in [1.54, 1.807) is 6.92 Å². The quantitative estimate of drug-likeness (QED) is 0.328. The predicted molar refractivity (Wildman–Crippen MR) is 120 cm³/mol. The van der Waals surface area contributed by atoms with Crippen LogP contribution in [0.1, 0.15) is 51.9 Å². The number of rotatable bonds is 7. The van der Waals surface area contributed by atoms with Crippen molar-refractivity contribution in [3.63, 3.8) is 0 Å². The second-order valence-corrected chi connectivity index (χ2v) is 9.64. The number of alkyl halides is 3. The average molecular weight is 520 g/mol. The Morgan fingerprint density at radius 1 is 1.20 bits per heavy atom. The Morgan fingerprint density at radius 2 is 1.89 bits per heavy atom. The van der Waals surface area contributed by atoms with Gasteiger partial charge in [0.15, 0.2) is 0 Å². The van der Waals surface area contributed by atoms with Crippen molar-refractivity contribution in [2.45, 2.75) is 71.1 Å². The first-order chi connectivity index (χ1) is 16.1. The molecule has 1 aromatic heterocycles. The minimum absolute atomic E-state index is 0.0643. The third kappa shape index (κ3) is 7.17. The van der Waals surface area contributed by atoms with Crippen molar-refractivity contribution in [1.82, 2.24) is 9.97 Å². The maximum absolute atomic E-state index is 14.5. The molecule has 0 spiro atoms. The Kier molecular flexibility index (Phi) is 7.80. The standard InChI is InChI=1S/C23H26ClF4N3O4/c1-12(15-7-6-14(9-16(15)25)35-23(26,27)28)8-19-29-18(24)10-20(30-19)31-17(11-33-21(31)32)13(2)34-22(3,4)5/h6-7,9-10,12-13,17H,8,11H2,1-5H3/t12-,13-,17-/m1/s1. The number of aromatic nitrogens is 2. The minimum atomic E-state index is -4.92. The lowest BCUT2D eigenvalue weighted by molar-refractivity contribution is -0.274. The van der Waals surface area contributed by atoms with E-state index < -0.39 is 41.6 Å². The molecule has 3 rings (SSSR count). The monoisotopic (exact) mass is 519 g/mol. The average Bonchev–Trinajstić information content (AvgIpc) is 3.06. The molecule has 192 valence electrons. The van der Waals surface area contributed by atoms with Crippen LogP contribution in [0.4, 0.5) is 28.2 Å². The highest BCUT2D eigenvalue weighted by molar-refractivity contribution is 6.29. The fourth-order valence-electron chi connectivity index (χ4n) is 3.84. The smallest absolute Gasteiger partial charge is 0.447 e. The van der Waals surface area contributed by atoms with Crippen molar-refractivity contribution in [3.05, 3.63) is 46.6 Å². The van der Waals surface area contributed by atoms with Crippen LogP contribution in [0.25, 0.3) is 0 Å². The third-order valence-electron chi connectivity index (χ3n) is 5.19. The molecule has 3 atom stereocenters. The van der Waals surface area contributed by atoms with Crippen LogP contribution in [-0.4, -0.2) is 46.8 Å². The highest BCUT2D eigenvalue weighted by Crippen LogP contribution is 2.31. The summed E-state index contributed by atoms with van der Waals surface area (Å²) in [5.41, 5.74) is -0.305. The van der Waals surface area contributed by atoms with Crippen molar-refractivity contribution in [3.8, 4) is 5.75 Å². The molecular weight excluding hydrogens is 494 g/mol. The van der Waals surface area contributed by atoms with Crippen LogP contribution in [-0.2, 0) is 15.9 Å². The van der Waals surface area contributed by atoms with Gasteiger partial charge in [0.05, 0.1) is 11.7 Å². The number of carbonyl (C=O) groups excluding carboxylic acids is 1. The predicted octanol–water partition coefficient (Wildman–Crippen LogP) is 6.04. The summed E-state index contributed by atoms with van der Waals surface area (Å²) in [6.45, 7) is 9.28. The Balaban J connectivity index is 1.82. The van der Waals surface area contributed by atoms with Gasteiger partial charge in [-0.3, -0.25) is 4.90 Å². The molecule has 0 N–H and O–H groups in total. The van der Waals surface area contributed by atoms with Gasteiger partial charge in [0, 0.05) is 18.6 Å². The van der Waals surface area contributed by atoms with E-state index in [-0.39, 0.29) is 41.5 Å². The molecule has 7 nitrogen and oxygen atoms in total. The van der Waals surface area contributed by atoms with Gasteiger partial charge >= 0.3 is 12.5 Å². The SMILES string of the molecule is C[C@H](Cc1nc(Cl)cc(N2C(=O)OC[C@@H]2[C@@H](C)OC(C)(C)C)n1)c1ccc(OC(F)(F)F)cc1F. The van der Waals surface area contributed by atoms with Gasteiger partial charge in [0.1, 0.15) is 41.0 Å². The van der Waals surface area contributed by atoms with E-state index in [1.807, 2.05) is 27.7 Å². The minimum Gasteiger partial charge on any atom is -0.447 e. The number of hydrogen-bond acceptors (Lipinski definition) is 6. The molecule has 1 saturated heterocycles. The number of amides is 1. The third-order valence-corrected chi connectivity index (χ3v) is 5.38. The maximum atomic E-state index is 14.5. The normalized spacial score (nSPS) is 18.4. The topological polar surface area (TPSA) is 73.8 Å². The number of anilines is 1. The number of hydrogen-bond donors (Lipinski definition) is 0. The zero-order chi connectivity index (χ0) is 26.1. The molecule has 35 heavy (non-hydrogen) atoms. The number of carbonyl (C=O) groups is 1. The van der Waals surface area contributed by atoms with Crippen molar-refractivity contribution in [2.24, 2.45) is 0 Å². The zero-order valence-electron chi connectivity index (χ0n) is 19.8. The lowest BCUT2D eigenvalue weighted by atomic mass is 9.96. The maximum Gasteiger partial charge on any atom is 0.573 e. The van der Waals surface area contributed by atoms with Crippen molar-refractivity contribution < 1.29 is 36.6 Å². The second kappa shape index (κ2) is 10.1. The van der Waals surface area contributed by atoms with Crippen LogP contribution >= 0.6 is 11.6 Å². The molecule has 1 fully saturated rings. The van der Waals surface area contributed by atoms with E-state index in [2.05, 4.69) is 14.7 Å². The van der Waals surface area contributed by atoms with Gasteiger partial charge in [-0.05, 0) is 45.2 Å². The van der Waals surface area contributed by atoms with Crippen LogP contribution in [0.5, 0.6) is 5.75 Å². The fourth-order valence-corrected chi connectivity index (χ4v) is 4.03. The molecule has 1 aliphatic heterocycles. The van der Waals surface area contributed by atoms with Gasteiger partial charge in [-0.25, -0.2) is 19.2 Å². The van der Waals surface area contributed by atoms with Gasteiger partial charge in [-0.2, -0.15) is 0 Å². The molecule has 1 amide bonds. The van der Waals surface area contributed by atoms with E-state index in [9.17, 15) is 22.4 Å². The first-order valence-electron chi connectivity index (χ1n) is 10.9. The Hall–Kier alpha value is -2.66. The molecule has 1 aromatic carbocycles. The Labute approximate surface area is 205 Å². The molecule has 0 saturated carbocycles. The zero-order valence-corrected chi connectivity index (χ0v) is 20.6. The number of benzene rings is 1. The van der Waals surface area contributed by atoms with E-state index >= 15 is 0 Å². The van der Waals surface area contributed by atoms with Crippen LogP contribution in [0.15, 0.2) is 24.3 Å². The molecule has 2 heterocycles. The van der Waals surface area contributed by atoms with Gasteiger partial charge in [-0.15, -0.1) is 13.2 Å². The molecule has 12 heteroatoms. The summed E-state index contributed by atoms with van der Waals surface area (Å²) in [5, 5.41) is 0.0643. The second-order valence-electron chi connectivity index (χ2n) is 9.25. The van der Waals surface area contributed by atoms with Gasteiger partial charge in [0.25, 0.3) is 0 Å². The summed E-state index contributed by atoms with van der Waals surface area (Å²) < 4.78 is 66.6. The molecular formula is C23H26ClF4N3O4. The Bertz CT molecular complexity index is 1080. The number of ether oxygens (including phenoxy) is 3.